The molecule has 5 heteroatoms. The summed E-state index contributed by atoms with van der Waals surface area (Å²) in [5, 5.41) is 11.7. The van der Waals surface area contributed by atoms with Crippen molar-refractivity contribution in [2.75, 3.05) is 6.54 Å². The van der Waals surface area contributed by atoms with Gasteiger partial charge >= 0.3 is 12.0 Å². The van der Waals surface area contributed by atoms with Gasteiger partial charge in [0.2, 0.25) is 0 Å². The van der Waals surface area contributed by atoms with Gasteiger partial charge in [-0.2, -0.15) is 0 Å². The molecule has 1 heterocycles. The number of nitrogens with zero attached hydrogens (tertiary/aromatic N) is 1. The van der Waals surface area contributed by atoms with Crippen LogP contribution in [0.1, 0.15) is 30.5 Å². The average molecular weight is 262 g/mol. The number of nitrogens with one attached hydrogen (secondary N) is 1. The number of amides is 2. The maximum Gasteiger partial charge on any atom is 0.318 e. The highest BCUT2D eigenvalue weighted by molar-refractivity contribution is 5.78. The first-order chi connectivity index (χ1) is 8.97. The lowest BCUT2D eigenvalue weighted by Gasteiger charge is -2.21. The maximum absolute atomic E-state index is 11.9. The average Bonchev–Trinajstić information content (AvgIpc) is 2.71. The van der Waals surface area contributed by atoms with E-state index in [0.717, 1.165) is 5.56 Å². The van der Waals surface area contributed by atoms with Gasteiger partial charge in [0.05, 0.1) is 12.5 Å². The second-order valence-electron chi connectivity index (χ2n) is 5.01. The quantitative estimate of drug-likeness (QED) is 0.871. The van der Waals surface area contributed by atoms with E-state index >= 15 is 0 Å². The van der Waals surface area contributed by atoms with Gasteiger partial charge in [-0.1, -0.05) is 29.8 Å². The molecule has 0 saturated carbocycles. The van der Waals surface area contributed by atoms with Gasteiger partial charge in [-0.3, -0.25) is 4.79 Å². The van der Waals surface area contributed by atoms with Crippen molar-refractivity contribution in [2.45, 2.75) is 32.4 Å². The number of rotatable bonds is 4. The van der Waals surface area contributed by atoms with Gasteiger partial charge in [0.1, 0.15) is 0 Å². The number of hydrogen-bond acceptors (Lipinski definition) is 2. The van der Waals surface area contributed by atoms with Crippen LogP contribution in [-0.4, -0.2) is 34.6 Å². The van der Waals surface area contributed by atoms with E-state index in [1.165, 1.54) is 5.56 Å². The Bertz CT molecular complexity index is 484. The lowest BCUT2D eigenvalue weighted by atomic mass is 10.1. The van der Waals surface area contributed by atoms with Gasteiger partial charge in [-0.25, -0.2) is 4.79 Å². The molecule has 19 heavy (non-hydrogen) atoms. The third-order valence-electron chi connectivity index (χ3n) is 3.42. The molecule has 0 bridgehead atoms. The van der Waals surface area contributed by atoms with Crippen LogP contribution in [0.25, 0.3) is 0 Å². The molecule has 102 valence electrons. The van der Waals surface area contributed by atoms with Gasteiger partial charge in [0.25, 0.3) is 0 Å². The minimum absolute atomic E-state index is 0.0337. The van der Waals surface area contributed by atoms with E-state index in [-0.39, 0.29) is 24.5 Å². The SMILES string of the molecule is Cc1ccc(C2CN(C(C)CC(=O)O)C(=O)N2)cc1. The number of aryl methyl sites for hydroxylation is 1. The van der Waals surface area contributed by atoms with Crippen molar-refractivity contribution in [1.29, 1.82) is 0 Å². The molecule has 0 spiro atoms. The van der Waals surface area contributed by atoms with E-state index in [4.69, 9.17) is 5.11 Å². The molecule has 1 aromatic rings. The number of aliphatic carboxylic acids is 1. The Morgan fingerprint density at radius 2 is 2.11 bits per heavy atom. The van der Waals surface area contributed by atoms with Crippen molar-refractivity contribution in [2.24, 2.45) is 0 Å². The van der Waals surface area contributed by atoms with Crippen LogP contribution in [0.3, 0.4) is 0 Å². The molecule has 1 aromatic carbocycles. The Labute approximate surface area is 112 Å². The second kappa shape index (κ2) is 5.30. The highest BCUT2D eigenvalue weighted by Crippen LogP contribution is 2.23. The molecule has 0 aliphatic carbocycles. The fourth-order valence-electron chi connectivity index (χ4n) is 2.29. The number of hydrogen-bond donors (Lipinski definition) is 2. The summed E-state index contributed by atoms with van der Waals surface area (Å²) in [6, 6.07) is 7.43. The van der Waals surface area contributed by atoms with Gasteiger partial charge in [0, 0.05) is 12.6 Å². The number of carboxylic acid groups (broad SMARTS) is 1. The summed E-state index contributed by atoms with van der Waals surface area (Å²) in [5.41, 5.74) is 2.22. The normalized spacial score (nSPS) is 20.2. The van der Waals surface area contributed by atoms with Crippen LogP contribution in [0.5, 0.6) is 0 Å². The molecular formula is C14H18N2O3. The van der Waals surface area contributed by atoms with Crippen molar-refractivity contribution in [1.82, 2.24) is 10.2 Å². The smallest absolute Gasteiger partial charge is 0.318 e. The summed E-state index contributed by atoms with van der Waals surface area (Å²) in [4.78, 5) is 24.2. The first kappa shape index (κ1) is 13.4. The van der Waals surface area contributed by atoms with Crippen molar-refractivity contribution >= 4 is 12.0 Å². The summed E-state index contributed by atoms with van der Waals surface area (Å²) in [5.74, 6) is -0.890. The number of carboxylic acids is 1. The van der Waals surface area contributed by atoms with E-state index in [0.29, 0.717) is 6.54 Å². The van der Waals surface area contributed by atoms with E-state index < -0.39 is 5.97 Å². The molecule has 0 radical (unpaired) electrons. The monoisotopic (exact) mass is 262 g/mol. The zero-order chi connectivity index (χ0) is 14.0. The van der Waals surface area contributed by atoms with Crippen LogP contribution in [0.4, 0.5) is 4.79 Å². The summed E-state index contributed by atoms with van der Waals surface area (Å²) in [6.45, 7) is 4.28. The van der Waals surface area contributed by atoms with Crippen LogP contribution in [0, 0.1) is 6.92 Å². The predicted molar refractivity (Wildman–Crippen MR) is 70.9 cm³/mol. The minimum atomic E-state index is -0.890. The van der Waals surface area contributed by atoms with E-state index in [2.05, 4.69) is 5.32 Å². The van der Waals surface area contributed by atoms with E-state index in [1.54, 1.807) is 11.8 Å². The van der Waals surface area contributed by atoms with E-state index in [9.17, 15) is 9.59 Å². The van der Waals surface area contributed by atoms with Crippen LogP contribution in [0.2, 0.25) is 0 Å². The molecule has 2 amide bonds. The number of carbonyl (C=O) groups is 2. The number of carbonyl (C=O) groups excluding carboxylic acids is 1. The molecular weight excluding hydrogens is 244 g/mol. The van der Waals surface area contributed by atoms with Gasteiger partial charge in [-0.15, -0.1) is 0 Å². The standard InChI is InChI=1S/C14H18N2O3/c1-9-3-5-11(6-4-9)12-8-16(14(19)15-12)10(2)7-13(17)18/h3-6,10,12H,7-8H2,1-2H3,(H,15,19)(H,17,18). The van der Waals surface area contributed by atoms with Crippen molar-refractivity contribution < 1.29 is 14.7 Å². The third kappa shape index (κ3) is 3.05. The first-order valence-electron chi connectivity index (χ1n) is 6.33. The molecule has 1 aliphatic rings. The number of benzene rings is 1. The fourth-order valence-corrected chi connectivity index (χ4v) is 2.29. The maximum atomic E-state index is 11.9. The molecule has 0 aromatic heterocycles. The summed E-state index contributed by atoms with van der Waals surface area (Å²) >= 11 is 0. The fraction of sp³-hybridized carbons (Fsp3) is 0.429. The molecule has 2 rings (SSSR count). The molecule has 2 N–H and O–H groups in total. The highest BCUT2D eigenvalue weighted by Gasteiger charge is 2.33. The molecule has 2 atom stereocenters. The lowest BCUT2D eigenvalue weighted by molar-refractivity contribution is -0.137. The Kier molecular flexibility index (Phi) is 3.74. The zero-order valence-corrected chi connectivity index (χ0v) is 11.1. The highest BCUT2D eigenvalue weighted by atomic mass is 16.4. The zero-order valence-electron chi connectivity index (χ0n) is 11.1. The van der Waals surface area contributed by atoms with Crippen molar-refractivity contribution in [3.63, 3.8) is 0 Å². The Morgan fingerprint density at radius 1 is 1.47 bits per heavy atom. The van der Waals surface area contributed by atoms with Crippen LogP contribution in [0.15, 0.2) is 24.3 Å². The minimum Gasteiger partial charge on any atom is -0.481 e. The molecule has 1 aliphatic heterocycles. The molecule has 2 unspecified atom stereocenters. The van der Waals surface area contributed by atoms with Crippen LogP contribution < -0.4 is 5.32 Å². The van der Waals surface area contributed by atoms with Crippen molar-refractivity contribution in [3.05, 3.63) is 35.4 Å². The molecule has 5 nitrogen and oxygen atoms in total. The van der Waals surface area contributed by atoms with E-state index in [1.807, 2.05) is 31.2 Å². The summed E-state index contributed by atoms with van der Waals surface area (Å²) in [6.07, 6.45) is -0.0337. The predicted octanol–water partition coefficient (Wildman–Crippen LogP) is 1.92. The number of urea groups is 1. The summed E-state index contributed by atoms with van der Waals surface area (Å²) < 4.78 is 0. The molecule has 1 saturated heterocycles. The largest absolute Gasteiger partial charge is 0.481 e. The van der Waals surface area contributed by atoms with Gasteiger partial charge in [-0.05, 0) is 19.4 Å². The van der Waals surface area contributed by atoms with Crippen LogP contribution in [-0.2, 0) is 4.79 Å². The second-order valence-corrected chi connectivity index (χ2v) is 5.01. The first-order valence-corrected chi connectivity index (χ1v) is 6.33. The molecule has 1 fully saturated rings. The Hall–Kier alpha value is -2.04. The summed E-state index contributed by atoms with van der Waals surface area (Å²) in [7, 11) is 0. The third-order valence-corrected chi connectivity index (χ3v) is 3.42. The van der Waals surface area contributed by atoms with Crippen molar-refractivity contribution in [3.8, 4) is 0 Å². The van der Waals surface area contributed by atoms with Gasteiger partial charge in [0.15, 0.2) is 0 Å². The lowest BCUT2D eigenvalue weighted by Crippen LogP contribution is -2.37. The topological polar surface area (TPSA) is 69.6 Å². The van der Waals surface area contributed by atoms with Gasteiger partial charge < -0.3 is 15.3 Å². The Balaban J connectivity index is 2.06. The van der Waals surface area contributed by atoms with Crippen LogP contribution >= 0.6 is 0 Å². The Morgan fingerprint density at radius 3 is 2.68 bits per heavy atom.